The van der Waals surface area contributed by atoms with Gasteiger partial charge in [0.1, 0.15) is 6.54 Å². The predicted molar refractivity (Wildman–Crippen MR) is 65.2 cm³/mol. The Hall–Kier alpha value is -1.47. The van der Waals surface area contributed by atoms with Gasteiger partial charge in [-0.3, -0.25) is 4.79 Å². The number of amides is 2. The van der Waals surface area contributed by atoms with Gasteiger partial charge in [0.05, 0.1) is 5.41 Å². The van der Waals surface area contributed by atoms with Crippen molar-refractivity contribution < 1.29 is 27.9 Å². The fourth-order valence-corrected chi connectivity index (χ4v) is 2.23. The lowest BCUT2D eigenvalue weighted by Gasteiger charge is -2.29. The molecule has 2 amide bonds. The van der Waals surface area contributed by atoms with E-state index >= 15 is 0 Å². The molecule has 0 aromatic rings. The van der Waals surface area contributed by atoms with Crippen molar-refractivity contribution in [3.8, 4) is 0 Å². The van der Waals surface area contributed by atoms with Gasteiger partial charge in [0.2, 0.25) is 0 Å². The maximum Gasteiger partial charge on any atom is 0.406 e. The SMILES string of the molecule is CCCN(CC(F)(F)F)C(=O)N1CCC(C)(C(=O)O)C1. The van der Waals surface area contributed by atoms with Gasteiger partial charge in [-0.15, -0.1) is 0 Å². The molecule has 0 radical (unpaired) electrons. The fourth-order valence-electron chi connectivity index (χ4n) is 2.23. The molecule has 116 valence electrons. The first kappa shape index (κ1) is 16.6. The molecule has 0 aromatic carbocycles. The number of hydrogen-bond acceptors (Lipinski definition) is 2. The first-order valence-corrected chi connectivity index (χ1v) is 6.43. The van der Waals surface area contributed by atoms with Crippen molar-refractivity contribution in [2.45, 2.75) is 32.9 Å². The van der Waals surface area contributed by atoms with Crippen molar-refractivity contribution in [3.05, 3.63) is 0 Å². The van der Waals surface area contributed by atoms with Crippen LogP contribution in [-0.4, -0.2) is 59.3 Å². The highest BCUT2D eigenvalue weighted by atomic mass is 19.4. The van der Waals surface area contributed by atoms with E-state index in [1.54, 1.807) is 6.92 Å². The second-order valence-corrected chi connectivity index (χ2v) is 5.36. The molecule has 0 aliphatic carbocycles. The number of urea groups is 1. The van der Waals surface area contributed by atoms with Gasteiger partial charge in [-0.2, -0.15) is 13.2 Å². The summed E-state index contributed by atoms with van der Waals surface area (Å²) in [5.41, 5.74) is -1.08. The van der Waals surface area contributed by atoms with Crippen molar-refractivity contribution in [2.24, 2.45) is 5.41 Å². The number of likely N-dealkylation sites (tertiary alicyclic amines) is 1. The zero-order chi connectivity index (χ0) is 15.6. The highest BCUT2D eigenvalue weighted by molar-refractivity contribution is 5.79. The summed E-state index contributed by atoms with van der Waals surface area (Å²) in [5.74, 6) is -1.04. The Morgan fingerprint density at radius 1 is 1.40 bits per heavy atom. The zero-order valence-corrected chi connectivity index (χ0v) is 11.5. The van der Waals surface area contributed by atoms with Gasteiger partial charge in [-0.25, -0.2) is 4.79 Å². The Labute approximate surface area is 115 Å². The number of rotatable bonds is 4. The number of nitrogens with zero attached hydrogens (tertiary/aromatic N) is 2. The monoisotopic (exact) mass is 296 g/mol. The molecule has 1 aliphatic heterocycles. The van der Waals surface area contributed by atoms with Crippen molar-refractivity contribution in [1.29, 1.82) is 0 Å². The molecule has 1 atom stereocenters. The molecule has 1 aliphatic rings. The normalized spacial score (nSPS) is 22.9. The summed E-state index contributed by atoms with van der Waals surface area (Å²) in [6, 6.07) is -0.742. The molecule has 8 heteroatoms. The quantitative estimate of drug-likeness (QED) is 0.865. The first-order chi connectivity index (χ1) is 9.09. The molecular formula is C12H19F3N2O3. The second-order valence-electron chi connectivity index (χ2n) is 5.36. The summed E-state index contributed by atoms with van der Waals surface area (Å²) in [6.45, 7) is 1.98. The van der Waals surface area contributed by atoms with Gasteiger partial charge in [-0.05, 0) is 19.8 Å². The van der Waals surface area contributed by atoms with Crippen LogP contribution in [0.5, 0.6) is 0 Å². The standard InChI is InChI=1S/C12H19F3N2O3/c1-3-5-16(8-12(13,14)15)10(20)17-6-4-11(2,7-17)9(18)19/h3-8H2,1-2H3,(H,18,19). The molecule has 5 nitrogen and oxygen atoms in total. The van der Waals surface area contributed by atoms with E-state index in [0.29, 0.717) is 6.42 Å². The van der Waals surface area contributed by atoms with Crippen LogP contribution in [0.1, 0.15) is 26.7 Å². The Morgan fingerprint density at radius 2 is 2.00 bits per heavy atom. The maximum absolute atomic E-state index is 12.5. The van der Waals surface area contributed by atoms with Crippen LogP contribution < -0.4 is 0 Å². The molecule has 1 N–H and O–H groups in total. The predicted octanol–water partition coefficient (Wildman–Crippen LogP) is 2.18. The van der Waals surface area contributed by atoms with E-state index in [1.165, 1.54) is 11.8 Å². The van der Waals surface area contributed by atoms with E-state index in [1.807, 2.05) is 0 Å². The maximum atomic E-state index is 12.5. The smallest absolute Gasteiger partial charge is 0.406 e. The zero-order valence-electron chi connectivity index (χ0n) is 11.5. The molecule has 0 bridgehead atoms. The number of halogens is 3. The topological polar surface area (TPSA) is 60.9 Å². The Kier molecular flexibility index (Phi) is 4.88. The number of hydrogen-bond donors (Lipinski definition) is 1. The minimum absolute atomic E-state index is 0.00136. The molecular weight excluding hydrogens is 277 g/mol. The highest BCUT2D eigenvalue weighted by Gasteiger charge is 2.44. The van der Waals surface area contributed by atoms with Gasteiger partial charge in [0.15, 0.2) is 0 Å². The van der Waals surface area contributed by atoms with Crippen LogP contribution in [0.3, 0.4) is 0 Å². The lowest BCUT2D eigenvalue weighted by molar-refractivity contribution is -0.147. The van der Waals surface area contributed by atoms with E-state index < -0.39 is 30.1 Å². The number of carbonyl (C=O) groups excluding carboxylic acids is 1. The first-order valence-electron chi connectivity index (χ1n) is 6.43. The van der Waals surface area contributed by atoms with Gasteiger partial charge in [-0.1, -0.05) is 6.92 Å². The van der Waals surface area contributed by atoms with Crippen LogP contribution in [0, 0.1) is 5.41 Å². The molecule has 0 aromatic heterocycles. The molecule has 1 saturated heterocycles. The van der Waals surface area contributed by atoms with Gasteiger partial charge in [0.25, 0.3) is 0 Å². The number of aliphatic carboxylic acids is 1. The Balaban J connectivity index is 2.74. The van der Waals surface area contributed by atoms with E-state index in [9.17, 15) is 22.8 Å². The Morgan fingerprint density at radius 3 is 2.40 bits per heavy atom. The van der Waals surface area contributed by atoms with Crippen molar-refractivity contribution >= 4 is 12.0 Å². The van der Waals surface area contributed by atoms with E-state index in [0.717, 1.165) is 4.90 Å². The molecule has 20 heavy (non-hydrogen) atoms. The van der Waals surface area contributed by atoms with Crippen molar-refractivity contribution in [3.63, 3.8) is 0 Å². The lowest BCUT2D eigenvalue weighted by atomic mass is 9.90. The summed E-state index contributed by atoms with van der Waals surface area (Å²) in [7, 11) is 0. The molecule has 1 unspecified atom stereocenters. The van der Waals surface area contributed by atoms with Gasteiger partial charge in [0, 0.05) is 19.6 Å². The summed E-state index contributed by atoms with van der Waals surface area (Å²) in [4.78, 5) is 25.1. The third kappa shape index (κ3) is 4.01. The van der Waals surface area contributed by atoms with Crippen LogP contribution in [0.15, 0.2) is 0 Å². The number of alkyl halides is 3. The van der Waals surface area contributed by atoms with E-state index in [-0.39, 0.29) is 26.1 Å². The number of carbonyl (C=O) groups is 2. The van der Waals surface area contributed by atoms with Crippen molar-refractivity contribution in [2.75, 3.05) is 26.2 Å². The highest BCUT2D eigenvalue weighted by Crippen LogP contribution is 2.31. The third-order valence-corrected chi connectivity index (χ3v) is 3.39. The molecule has 1 heterocycles. The van der Waals surface area contributed by atoms with Crippen LogP contribution in [0.25, 0.3) is 0 Å². The van der Waals surface area contributed by atoms with Crippen LogP contribution >= 0.6 is 0 Å². The van der Waals surface area contributed by atoms with Crippen LogP contribution in [0.4, 0.5) is 18.0 Å². The third-order valence-electron chi connectivity index (χ3n) is 3.39. The minimum atomic E-state index is -4.46. The van der Waals surface area contributed by atoms with Gasteiger partial charge < -0.3 is 14.9 Å². The summed E-state index contributed by atoms with van der Waals surface area (Å²) < 4.78 is 37.4. The van der Waals surface area contributed by atoms with E-state index in [2.05, 4.69) is 0 Å². The summed E-state index contributed by atoms with van der Waals surface area (Å²) in [5, 5.41) is 9.07. The van der Waals surface area contributed by atoms with Gasteiger partial charge >= 0.3 is 18.2 Å². The molecule has 0 spiro atoms. The molecule has 1 rings (SSSR count). The molecule has 0 saturated carbocycles. The van der Waals surface area contributed by atoms with Crippen molar-refractivity contribution in [1.82, 2.24) is 9.80 Å². The van der Waals surface area contributed by atoms with E-state index in [4.69, 9.17) is 5.11 Å². The summed E-state index contributed by atoms with van der Waals surface area (Å²) >= 11 is 0. The number of carboxylic acids is 1. The lowest BCUT2D eigenvalue weighted by Crippen LogP contribution is -2.47. The second kappa shape index (κ2) is 5.88. The minimum Gasteiger partial charge on any atom is -0.481 e. The average molecular weight is 296 g/mol. The largest absolute Gasteiger partial charge is 0.481 e. The molecule has 1 fully saturated rings. The number of carboxylic acid groups (broad SMARTS) is 1. The average Bonchev–Trinajstić information content (AvgIpc) is 2.70. The van der Waals surface area contributed by atoms with Crippen LogP contribution in [-0.2, 0) is 4.79 Å². The summed E-state index contributed by atoms with van der Waals surface area (Å²) in [6.07, 6.45) is -3.80. The van der Waals surface area contributed by atoms with Crippen LogP contribution in [0.2, 0.25) is 0 Å². The Bertz CT molecular complexity index is 387. The fraction of sp³-hybridized carbons (Fsp3) is 0.833.